The van der Waals surface area contributed by atoms with Gasteiger partial charge in [0.05, 0.1) is 145 Å². The minimum absolute atomic E-state index is 0.0106. The van der Waals surface area contributed by atoms with Gasteiger partial charge in [0, 0.05) is 26.2 Å². The molecule has 2 rings (SSSR count). The van der Waals surface area contributed by atoms with Crippen molar-refractivity contribution < 1.29 is 90.3 Å². The van der Waals surface area contributed by atoms with Crippen molar-refractivity contribution in [2.45, 2.75) is 39.6 Å². The lowest BCUT2D eigenvalue weighted by atomic mass is 10.2. The summed E-state index contributed by atoms with van der Waals surface area (Å²) in [5, 5.41) is 5.27. The van der Waals surface area contributed by atoms with E-state index in [9.17, 15) is 19.2 Å². The van der Waals surface area contributed by atoms with Gasteiger partial charge in [0.15, 0.2) is 0 Å². The van der Waals surface area contributed by atoms with Gasteiger partial charge in [-0.25, -0.2) is 14.4 Å². The predicted molar refractivity (Wildman–Crippen MR) is 260 cm³/mol. The molecular formula is C49H80N4O19. The third-order valence-corrected chi connectivity index (χ3v) is 8.91. The molecule has 0 saturated carbocycles. The first kappa shape index (κ1) is 63.4. The zero-order valence-corrected chi connectivity index (χ0v) is 42.5. The third kappa shape index (κ3) is 40.8. The van der Waals surface area contributed by atoms with E-state index in [2.05, 4.69) is 16.1 Å². The van der Waals surface area contributed by atoms with Crippen LogP contribution >= 0.6 is 0 Å². The lowest BCUT2D eigenvalue weighted by Gasteiger charge is -2.23. The smallest absolute Gasteiger partial charge is 0.431 e. The van der Waals surface area contributed by atoms with E-state index in [1.807, 2.05) is 60.7 Å². The van der Waals surface area contributed by atoms with Crippen molar-refractivity contribution in [3.05, 3.63) is 71.8 Å². The first-order chi connectivity index (χ1) is 35.1. The molecular weight excluding hydrogens is 949 g/mol. The van der Waals surface area contributed by atoms with Crippen molar-refractivity contribution in [2.24, 2.45) is 0 Å². The number of alkyl carbamates (subject to hydrolysis) is 2. The molecule has 4 amide bonds. The Bertz CT molecular complexity index is 1520. The van der Waals surface area contributed by atoms with E-state index < -0.39 is 23.9 Å². The molecule has 0 aliphatic carbocycles. The second-order valence-electron chi connectivity index (χ2n) is 16.0. The standard InChI is InChI=1S/C49H80N4O19/c1-49(2,3)72-48(57)52-71-39-38-68-42-45(54)53(16-20-60-24-28-64-32-36-66-34-30-62-26-22-58-18-14-50-46(55)69-40-43-10-6-4-7-11-43)17-21-61-25-29-65-33-37-67-35-31-63-27-23-59-19-15-51-47(56)70-41-44-12-8-5-9-13-44/h4-13H,14-42H2,1-3H3,(H,50,55)(H,51,56)(H,52,57). The van der Waals surface area contributed by atoms with Crippen molar-refractivity contribution in [2.75, 3.05) is 178 Å². The van der Waals surface area contributed by atoms with Crippen LogP contribution in [0.5, 0.6) is 0 Å². The molecule has 410 valence electrons. The van der Waals surface area contributed by atoms with Crippen molar-refractivity contribution in [1.82, 2.24) is 21.0 Å². The highest BCUT2D eigenvalue weighted by atomic mass is 16.7. The van der Waals surface area contributed by atoms with Crippen LogP contribution in [0.25, 0.3) is 0 Å². The Morgan fingerprint density at radius 3 is 1.11 bits per heavy atom. The Hall–Kier alpha value is -4.76. The first-order valence-electron chi connectivity index (χ1n) is 24.2. The molecule has 0 saturated heterocycles. The van der Waals surface area contributed by atoms with Crippen molar-refractivity contribution in [3.8, 4) is 0 Å². The van der Waals surface area contributed by atoms with Crippen LogP contribution in [0, 0.1) is 0 Å². The van der Waals surface area contributed by atoms with Crippen LogP contribution in [0.15, 0.2) is 60.7 Å². The molecule has 3 N–H and O–H groups in total. The molecule has 0 fully saturated rings. The molecule has 23 heteroatoms. The zero-order valence-electron chi connectivity index (χ0n) is 42.5. The number of hydrogen-bond donors (Lipinski definition) is 3. The van der Waals surface area contributed by atoms with Crippen LogP contribution in [-0.4, -0.2) is 213 Å². The van der Waals surface area contributed by atoms with Gasteiger partial charge in [0.2, 0.25) is 5.91 Å². The van der Waals surface area contributed by atoms with Gasteiger partial charge in [-0.15, -0.1) is 0 Å². The van der Waals surface area contributed by atoms with E-state index in [0.29, 0.717) is 145 Å². The topological polar surface area (TPSA) is 246 Å². The number of ether oxygens (including phenoxy) is 14. The predicted octanol–water partition coefficient (Wildman–Crippen LogP) is 3.31. The Labute approximate surface area is 424 Å². The number of nitrogens with one attached hydrogen (secondary N) is 3. The fraction of sp³-hybridized carbons (Fsp3) is 0.673. The second-order valence-corrected chi connectivity index (χ2v) is 16.0. The van der Waals surface area contributed by atoms with Gasteiger partial charge in [-0.3, -0.25) is 9.63 Å². The SMILES string of the molecule is CC(C)(C)OC(=O)NOCCOCC(=O)N(CCOCCOCCOCCOCCOCCNC(=O)OCc1ccccc1)CCOCCOCCOCCOCCOCCNC(=O)OCc1ccccc1. The van der Waals surface area contributed by atoms with Gasteiger partial charge in [0.25, 0.3) is 0 Å². The van der Waals surface area contributed by atoms with E-state index in [-0.39, 0.29) is 52.2 Å². The Balaban J connectivity index is 1.44. The van der Waals surface area contributed by atoms with Crippen LogP contribution < -0.4 is 16.1 Å². The van der Waals surface area contributed by atoms with Gasteiger partial charge >= 0.3 is 18.3 Å². The Morgan fingerprint density at radius 2 is 0.750 bits per heavy atom. The van der Waals surface area contributed by atoms with Gasteiger partial charge in [-0.05, 0) is 31.9 Å². The minimum atomic E-state index is -0.727. The van der Waals surface area contributed by atoms with Crippen molar-refractivity contribution >= 4 is 24.2 Å². The highest BCUT2D eigenvalue weighted by molar-refractivity contribution is 5.77. The average molecular weight is 1030 g/mol. The summed E-state index contributed by atoms with van der Waals surface area (Å²) >= 11 is 0. The summed E-state index contributed by atoms with van der Waals surface area (Å²) in [6, 6.07) is 18.9. The lowest BCUT2D eigenvalue weighted by molar-refractivity contribution is -0.138. The molecule has 2 aromatic carbocycles. The van der Waals surface area contributed by atoms with E-state index >= 15 is 0 Å². The van der Waals surface area contributed by atoms with Gasteiger partial charge in [-0.1, -0.05) is 60.7 Å². The van der Waals surface area contributed by atoms with Crippen LogP contribution in [0.1, 0.15) is 31.9 Å². The number of carbonyl (C=O) groups is 4. The van der Waals surface area contributed by atoms with Crippen molar-refractivity contribution in [3.63, 3.8) is 0 Å². The second kappa shape index (κ2) is 44.9. The first-order valence-corrected chi connectivity index (χ1v) is 24.2. The molecule has 0 aliphatic heterocycles. The van der Waals surface area contributed by atoms with Crippen LogP contribution in [0.3, 0.4) is 0 Å². The number of nitrogens with zero attached hydrogens (tertiary/aromatic N) is 1. The molecule has 0 radical (unpaired) electrons. The number of hydrogen-bond acceptors (Lipinski definition) is 19. The molecule has 72 heavy (non-hydrogen) atoms. The summed E-state index contributed by atoms with van der Waals surface area (Å²) in [6.45, 7) is 14.0. The molecule has 0 atom stereocenters. The minimum Gasteiger partial charge on any atom is -0.445 e. The number of rotatable bonds is 46. The summed E-state index contributed by atoms with van der Waals surface area (Å²) in [4.78, 5) is 54.9. The van der Waals surface area contributed by atoms with Crippen LogP contribution in [-0.2, 0) is 89.2 Å². The maximum atomic E-state index is 13.0. The molecule has 23 nitrogen and oxygen atoms in total. The molecule has 0 aromatic heterocycles. The van der Waals surface area contributed by atoms with E-state index in [0.717, 1.165) is 11.1 Å². The highest BCUT2D eigenvalue weighted by Gasteiger charge is 2.17. The maximum absolute atomic E-state index is 13.0. The molecule has 0 unspecified atom stereocenters. The number of carbonyl (C=O) groups excluding carboxylic acids is 4. The number of benzene rings is 2. The normalized spacial score (nSPS) is 11.3. The molecule has 0 bridgehead atoms. The Morgan fingerprint density at radius 1 is 0.417 bits per heavy atom. The summed E-state index contributed by atoms with van der Waals surface area (Å²) in [6.07, 6.45) is -1.72. The number of amides is 4. The fourth-order valence-corrected chi connectivity index (χ4v) is 5.43. The zero-order chi connectivity index (χ0) is 51.8. The van der Waals surface area contributed by atoms with E-state index in [1.54, 1.807) is 25.7 Å². The van der Waals surface area contributed by atoms with Gasteiger partial charge < -0.3 is 81.8 Å². The molecule has 0 spiro atoms. The van der Waals surface area contributed by atoms with Crippen molar-refractivity contribution in [1.29, 1.82) is 0 Å². The quantitative estimate of drug-likeness (QED) is 0.0489. The summed E-state index contributed by atoms with van der Waals surface area (Å²) in [7, 11) is 0. The van der Waals surface area contributed by atoms with E-state index in [4.69, 9.17) is 71.2 Å². The third-order valence-electron chi connectivity index (χ3n) is 8.91. The highest BCUT2D eigenvalue weighted by Crippen LogP contribution is 2.06. The summed E-state index contributed by atoms with van der Waals surface area (Å²) in [5.41, 5.74) is 3.33. The van der Waals surface area contributed by atoms with Crippen LogP contribution in [0.2, 0.25) is 0 Å². The van der Waals surface area contributed by atoms with E-state index in [1.165, 1.54) is 0 Å². The molecule has 2 aromatic rings. The van der Waals surface area contributed by atoms with Gasteiger partial charge in [0.1, 0.15) is 25.4 Å². The fourth-order valence-electron chi connectivity index (χ4n) is 5.43. The summed E-state index contributed by atoms with van der Waals surface area (Å²) < 4.78 is 76.4. The average Bonchev–Trinajstić information content (AvgIpc) is 3.37. The van der Waals surface area contributed by atoms with Crippen LogP contribution in [0.4, 0.5) is 14.4 Å². The largest absolute Gasteiger partial charge is 0.445 e. The summed E-state index contributed by atoms with van der Waals surface area (Å²) in [5.74, 6) is -0.269. The lowest BCUT2D eigenvalue weighted by Crippen LogP contribution is -2.39. The maximum Gasteiger partial charge on any atom is 0.431 e. The number of hydroxylamine groups is 1. The van der Waals surface area contributed by atoms with Gasteiger partial charge in [-0.2, -0.15) is 5.48 Å². The monoisotopic (exact) mass is 1030 g/mol. The molecule has 0 aliphatic rings. The molecule has 0 heterocycles. The Kier molecular flexibility index (Phi) is 39.5.